The van der Waals surface area contributed by atoms with Crippen LogP contribution >= 0.6 is 11.8 Å². The SMILES string of the molecule is COc1c(Nc2cc(C)[nH]n2)nc(Sc2ccc(S(=O)(=O)Cc3cccc([N+](=O)[O-])c3)cc2F)nc1N1CCOCC1C. The average Bonchev–Trinajstić information content (AvgIpc) is 3.38. The second kappa shape index (κ2) is 12.5. The maximum atomic E-state index is 15.4. The highest BCUT2D eigenvalue weighted by Gasteiger charge is 2.28. The first kappa shape index (κ1) is 30.2. The van der Waals surface area contributed by atoms with Crippen LogP contribution in [0.5, 0.6) is 5.75 Å². The highest BCUT2D eigenvalue weighted by molar-refractivity contribution is 7.99. The number of aromatic nitrogens is 4. The number of morpholine rings is 1. The predicted molar refractivity (Wildman–Crippen MR) is 157 cm³/mol. The summed E-state index contributed by atoms with van der Waals surface area (Å²) in [5, 5.41) is 21.5. The highest BCUT2D eigenvalue weighted by atomic mass is 32.2. The van der Waals surface area contributed by atoms with Crippen molar-refractivity contribution < 1.29 is 27.2 Å². The minimum atomic E-state index is -4.00. The number of ether oxygens (including phenoxy) is 2. The van der Waals surface area contributed by atoms with Crippen LogP contribution in [-0.4, -0.2) is 66.4 Å². The normalized spacial score (nSPS) is 15.3. The third-order valence-electron chi connectivity index (χ3n) is 6.57. The van der Waals surface area contributed by atoms with Gasteiger partial charge in [0.05, 0.1) is 46.8 Å². The summed E-state index contributed by atoms with van der Waals surface area (Å²) in [6.07, 6.45) is 0. The molecule has 3 heterocycles. The molecule has 0 bridgehead atoms. The zero-order chi connectivity index (χ0) is 30.7. The van der Waals surface area contributed by atoms with Gasteiger partial charge in [-0.3, -0.25) is 15.2 Å². The van der Waals surface area contributed by atoms with Crippen LogP contribution in [0, 0.1) is 22.9 Å². The van der Waals surface area contributed by atoms with E-state index in [2.05, 4.69) is 20.5 Å². The third-order valence-corrected chi connectivity index (χ3v) is 9.17. The van der Waals surface area contributed by atoms with E-state index in [0.717, 1.165) is 23.5 Å². The zero-order valence-electron chi connectivity index (χ0n) is 23.4. The summed E-state index contributed by atoms with van der Waals surface area (Å²) in [4.78, 5) is 21.6. The van der Waals surface area contributed by atoms with Crippen LogP contribution in [0.2, 0.25) is 0 Å². The Morgan fingerprint density at radius 2 is 2.07 bits per heavy atom. The van der Waals surface area contributed by atoms with Gasteiger partial charge in [0.2, 0.25) is 5.75 Å². The van der Waals surface area contributed by atoms with E-state index in [1.807, 2.05) is 18.7 Å². The van der Waals surface area contributed by atoms with Gasteiger partial charge in [0.25, 0.3) is 5.69 Å². The molecular weight excluding hydrogens is 601 g/mol. The van der Waals surface area contributed by atoms with E-state index in [0.29, 0.717) is 43.0 Å². The number of halogens is 1. The molecule has 0 radical (unpaired) electrons. The van der Waals surface area contributed by atoms with Crippen LogP contribution in [0.25, 0.3) is 0 Å². The standard InChI is InChI=1S/C27H28FN7O6S2/c1-16-11-23(33-32-16)29-25-24(40-3)26(34-9-10-41-14-17(34)2)31-27(30-25)42-22-8-7-20(13-21(22)28)43(38,39)15-18-5-4-6-19(12-18)35(36)37/h4-8,11-13,17H,9-10,14-15H2,1-3H3,(H2,29,30,31,32,33). The highest BCUT2D eigenvalue weighted by Crippen LogP contribution is 2.40. The lowest BCUT2D eigenvalue weighted by atomic mass is 10.2. The van der Waals surface area contributed by atoms with Crippen LogP contribution in [0.1, 0.15) is 18.2 Å². The molecule has 5 rings (SSSR count). The van der Waals surface area contributed by atoms with Crippen molar-refractivity contribution in [1.29, 1.82) is 0 Å². The zero-order valence-corrected chi connectivity index (χ0v) is 25.0. The number of aryl methyl sites for hydroxylation is 1. The Morgan fingerprint density at radius 3 is 2.74 bits per heavy atom. The molecule has 1 unspecified atom stereocenters. The van der Waals surface area contributed by atoms with Crippen molar-refractivity contribution in [2.75, 3.05) is 37.1 Å². The van der Waals surface area contributed by atoms with Crippen molar-refractivity contribution >= 4 is 44.7 Å². The molecule has 0 aliphatic carbocycles. The van der Waals surface area contributed by atoms with E-state index in [1.165, 1.54) is 43.5 Å². The fourth-order valence-corrected chi connectivity index (χ4v) is 6.60. The molecule has 0 spiro atoms. The van der Waals surface area contributed by atoms with Crippen LogP contribution in [0.15, 0.2) is 63.5 Å². The summed E-state index contributed by atoms with van der Waals surface area (Å²) in [6, 6.07) is 10.6. The minimum Gasteiger partial charge on any atom is -0.490 e. The smallest absolute Gasteiger partial charge is 0.269 e. The molecule has 1 aliphatic heterocycles. The molecule has 16 heteroatoms. The lowest BCUT2D eigenvalue weighted by molar-refractivity contribution is -0.384. The fraction of sp³-hybridized carbons (Fsp3) is 0.296. The Labute approximate surface area is 250 Å². The van der Waals surface area contributed by atoms with Crippen LogP contribution in [0.3, 0.4) is 0 Å². The quantitative estimate of drug-likeness (QED) is 0.142. The molecule has 2 N–H and O–H groups in total. The number of non-ortho nitro benzene ring substituents is 1. The topological polar surface area (TPSA) is 165 Å². The van der Waals surface area contributed by atoms with E-state index in [-0.39, 0.29) is 32.2 Å². The van der Waals surface area contributed by atoms with Crippen molar-refractivity contribution in [2.45, 2.75) is 40.6 Å². The largest absolute Gasteiger partial charge is 0.490 e. The van der Waals surface area contributed by atoms with Crippen molar-refractivity contribution in [1.82, 2.24) is 20.2 Å². The van der Waals surface area contributed by atoms with Crippen LogP contribution < -0.4 is 15.0 Å². The number of methoxy groups -OCH3 is 1. The molecule has 2 aromatic heterocycles. The maximum absolute atomic E-state index is 15.4. The van der Waals surface area contributed by atoms with Gasteiger partial charge in [-0.05, 0) is 49.4 Å². The van der Waals surface area contributed by atoms with Gasteiger partial charge in [0.1, 0.15) is 5.82 Å². The van der Waals surface area contributed by atoms with E-state index in [4.69, 9.17) is 14.5 Å². The average molecular weight is 630 g/mol. The molecular formula is C27H28FN7O6S2. The van der Waals surface area contributed by atoms with E-state index < -0.39 is 26.3 Å². The van der Waals surface area contributed by atoms with Gasteiger partial charge < -0.3 is 19.7 Å². The number of benzene rings is 2. The van der Waals surface area contributed by atoms with Gasteiger partial charge in [-0.25, -0.2) is 22.8 Å². The second-order valence-corrected chi connectivity index (χ2v) is 12.8. The number of nitrogens with one attached hydrogen (secondary N) is 2. The summed E-state index contributed by atoms with van der Waals surface area (Å²) in [5.41, 5.74) is 0.818. The number of H-pyrrole nitrogens is 1. The van der Waals surface area contributed by atoms with Crippen molar-refractivity contribution in [2.24, 2.45) is 0 Å². The summed E-state index contributed by atoms with van der Waals surface area (Å²) >= 11 is 0.923. The lowest BCUT2D eigenvalue weighted by Crippen LogP contribution is -2.44. The lowest BCUT2D eigenvalue weighted by Gasteiger charge is -2.35. The number of nitro benzene ring substituents is 1. The monoisotopic (exact) mass is 629 g/mol. The molecule has 13 nitrogen and oxygen atoms in total. The third kappa shape index (κ3) is 6.87. The van der Waals surface area contributed by atoms with Crippen molar-refractivity contribution in [3.63, 3.8) is 0 Å². The number of hydrogen-bond donors (Lipinski definition) is 2. The van der Waals surface area contributed by atoms with Gasteiger partial charge in [0, 0.05) is 30.4 Å². The second-order valence-electron chi connectivity index (χ2n) is 9.77. The number of nitro groups is 1. The number of anilines is 3. The van der Waals surface area contributed by atoms with Crippen molar-refractivity contribution in [3.05, 3.63) is 75.7 Å². The summed E-state index contributed by atoms with van der Waals surface area (Å²) in [5.74, 6) is 0.366. The Hall–Kier alpha value is -4.28. The Kier molecular flexibility index (Phi) is 8.79. The first-order chi connectivity index (χ1) is 20.5. The number of sulfone groups is 1. The van der Waals surface area contributed by atoms with Gasteiger partial charge in [-0.1, -0.05) is 12.1 Å². The molecule has 1 saturated heterocycles. The fourth-order valence-electron chi connectivity index (χ4n) is 4.50. The first-order valence-electron chi connectivity index (χ1n) is 13.1. The van der Waals surface area contributed by atoms with Crippen LogP contribution in [-0.2, 0) is 20.3 Å². The Balaban J connectivity index is 1.46. The number of hydrogen-bond acceptors (Lipinski definition) is 12. The van der Waals surface area contributed by atoms with Gasteiger partial charge >= 0.3 is 0 Å². The summed E-state index contributed by atoms with van der Waals surface area (Å²) in [7, 11) is -2.49. The van der Waals surface area contributed by atoms with Gasteiger partial charge in [0.15, 0.2) is 32.4 Å². The number of aromatic amines is 1. The van der Waals surface area contributed by atoms with Crippen LogP contribution in [0.4, 0.5) is 27.5 Å². The Bertz CT molecular complexity index is 1770. The summed E-state index contributed by atoms with van der Waals surface area (Å²) < 4.78 is 52.7. The molecule has 43 heavy (non-hydrogen) atoms. The van der Waals surface area contributed by atoms with Crippen molar-refractivity contribution in [3.8, 4) is 5.75 Å². The van der Waals surface area contributed by atoms with E-state index in [1.54, 1.807) is 6.07 Å². The molecule has 1 aliphatic rings. The summed E-state index contributed by atoms with van der Waals surface area (Å²) in [6.45, 7) is 5.36. The number of rotatable bonds is 10. The molecule has 1 fully saturated rings. The molecule has 1 atom stereocenters. The predicted octanol–water partition coefficient (Wildman–Crippen LogP) is 4.66. The first-order valence-corrected chi connectivity index (χ1v) is 15.5. The van der Waals surface area contributed by atoms with Gasteiger partial charge in [-0.2, -0.15) is 5.10 Å². The Morgan fingerprint density at radius 1 is 1.26 bits per heavy atom. The molecule has 0 saturated carbocycles. The molecule has 2 aromatic carbocycles. The van der Waals surface area contributed by atoms with Gasteiger partial charge in [-0.15, -0.1) is 0 Å². The van der Waals surface area contributed by atoms with E-state index >= 15 is 4.39 Å². The molecule has 226 valence electrons. The molecule has 0 amide bonds. The number of nitrogens with zero attached hydrogens (tertiary/aromatic N) is 5. The molecule has 4 aromatic rings. The maximum Gasteiger partial charge on any atom is 0.269 e. The van der Waals surface area contributed by atoms with E-state index in [9.17, 15) is 18.5 Å². The minimum absolute atomic E-state index is 0.0249.